The van der Waals surface area contributed by atoms with Gasteiger partial charge in [0.2, 0.25) is 0 Å². The number of nitrogens with zero attached hydrogens (tertiary/aromatic N) is 2. The van der Waals surface area contributed by atoms with E-state index in [4.69, 9.17) is 10.4 Å². The van der Waals surface area contributed by atoms with Gasteiger partial charge in [-0.05, 0) is 6.07 Å². The Hall–Kier alpha value is -1.61. The molecule has 3 nitrogen and oxygen atoms in total. The third-order valence-corrected chi connectivity index (χ3v) is 1.55. The van der Waals surface area contributed by atoms with Crippen LogP contribution in [0.2, 0.25) is 0 Å². The average Bonchev–Trinajstić information content (AvgIpc) is 2.17. The molecule has 0 aliphatic heterocycles. The van der Waals surface area contributed by atoms with Crippen molar-refractivity contribution in [3.05, 3.63) is 28.8 Å². The SMILES string of the molecule is N#Cc1cc(C(F)F)c(F)c(CO)n1. The molecule has 0 unspecified atom stereocenters. The second kappa shape index (κ2) is 4.07. The fourth-order valence-electron chi connectivity index (χ4n) is 0.925. The molecular formula is C8H5F3N2O. The molecule has 1 N–H and O–H groups in total. The maximum absolute atomic E-state index is 13.0. The van der Waals surface area contributed by atoms with Gasteiger partial charge in [0.1, 0.15) is 17.5 Å². The molecule has 1 rings (SSSR count). The van der Waals surface area contributed by atoms with Gasteiger partial charge in [-0.15, -0.1) is 0 Å². The molecule has 0 aromatic carbocycles. The number of aromatic nitrogens is 1. The van der Waals surface area contributed by atoms with Gasteiger partial charge in [-0.25, -0.2) is 18.2 Å². The lowest BCUT2D eigenvalue weighted by Gasteiger charge is -2.05. The number of halogens is 3. The van der Waals surface area contributed by atoms with E-state index in [-0.39, 0.29) is 5.69 Å². The summed E-state index contributed by atoms with van der Waals surface area (Å²) in [6.45, 7) is -0.818. The molecule has 0 aliphatic carbocycles. The summed E-state index contributed by atoms with van der Waals surface area (Å²) in [5.74, 6) is -1.26. The van der Waals surface area contributed by atoms with E-state index in [1.807, 2.05) is 0 Å². The molecule has 0 amide bonds. The standard InChI is InChI=1S/C8H5F3N2O/c9-7-5(8(10)11)1-4(2-12)13-6(7)3-14/h1,8,14H,3H2. The number of nitriles is 1. The molecule has 1 aromatic rings. The number of aliphatic hydroxyl groups excluding tert-OH is 1. The topological polar surface area (TPSA) is 56.9 Å². The van der Waals surface area contributed by atoms with Gasteiger partial charge in [-0.1, -0.05) is 0 Å². The lowest BCUT2D eigenvalue weighted by molar-refractivity contribution is 0.145. The molecule has 1 heterocycles. The lowest BCUT2D eigenvalue weighted by atomic mass is 10.2. The molecule has 1 aromatic heterocycles. The second-order valence-corrected chi connectivity index (χ2v) is 2.43. The van der Waals surface area contributed by atoms with Crippen LogP contribution in [0.15, 0.2) is 6.07 Å². The van der Waals surface area contributed by atoms with Gasteiger partial charge in [0.25, 0.3) is 6.43 Å². The zero-order valence-electron chi connectivity index (χ0n) is 6.84. The van der Waals surface area contributed by atoms with Crippen molar-refractivity contribution in [3.63, 3.8) is 0 Å². The highest BCUT2D eigenvalue weighted by atomic mass is 19.3. The van der Waals surface area contributed by atoms with Crippen LogP contribution in [0, 0.1) is 17.1 Å². The molecule has 0 saturated heterocycles. The molecule has 6 heteroatoms. The van der Waals surface area contributed by atoms with Gasteiger partial charge in [-0.3, -0.25) is 0 Å². The minimum Gasteiger partial charge on any atom is -0.390 e. The molecule has 0 atom stereocenters. The second-order valence-electron chi connectivity index (χ2n) is 2.43. The van der Waals surface area contributed by atoms with Crippen LogP contribution in [0.1, 0.15) is 23.4 Å². The molecule has 14 heavy (non-hydrogen) atoms. The summed E-state index contributed by atoms with van der Waals surface area (Å²) in [4.78, 5) is 3.33. The van der Waals surface area contributed by atoms with Crippen LogP contribution < -0.4 is 0 Å². The summed E-state index contributed by atoms with van der Waals surface area (Å²) in [5.41, 5.74) is -1.80. The Labute approximate surface area is 77.4 Å². The van der Waals surface area contributed by atoms with Gasteiger partial charge in [0, 0.05) is 0 Å². The van der Waals surface area contributed by atoms with Crippen molar-refractivity contribution >= 4 is 0 Å². The van der Waals surface area contributed by atoms with Crippen molar-refractivity contribution in [2.45, 2.75) is 13.0 Å². The number of hydrogen-bond acceptors (Lipinski definition) is 3. The summed E-state index contributed by atoms with van der Waals surface area (Å²) in [6.07, 6.45) is -3.03. The predicted octanol–water partition coefficient (Wildman–Crippen LogP) is 1.52. The summed E-state index contributed by atoms with van der Waals surface area (Å²) in [6, 6.07) is 2.17. The first-order valence-electron chi connectivity index (χ1n) is 3.58. The van der Waals surface area contributed by atoms with E-state index in [9.17, 15) is 13.2 Å². The van der Waals surface area contributed by atoms with Crippen LogP contribution in [0.25, 0.3) is 0 Å². The maximum Gasteiger partial charge on any atom is 0.266 e. The van der Waals surface area contributed by atoms with Crippen LogP contribution in [-0.4, -0.2) is 10.1 Å². The van der Waals surface area contributed by atoms with Crippen LogP contribution in [0.5, 0.6) is 0 Å². The molecule has 0 spiro atoms. The molecule has 0 radical (unpaired) electrons. The van der Waals surface area contributed by atoms with E-state index in [2.05, 4.69) is 4.98 Å². The van der Waals surface area contributed by atoms with E-state index >= 15 is 0 Å². The Bertz CT molecular complexity index is 387. The third kappa shape index (κ3) is 1.83. The first-order valence-corrected chi connectivity index (χ1v) is 3.58. The van der Waals surface area contributed by atoms with Crippen LogP contribution >= 0.6 is 0 Å². The molecule has 0 bridgehead atoms. The summed E-state index contributed by atoms with van der Waals surface area (Å²) in [7, 11) is 0. The van der Waals surface area contributed by atoms with Crippen molar-refractivity contribution in [3.8, 4) is 6.07 Å². The van der Waals surface area contributed by atoms with Crippen LogP contribution in [-0.2, 0) is 6.61 Å². The largest absolute Gasteiger partial charge is 0.390 e. The lowest BCUT2D eigenvalue weighted by Crippen LogP contribution is -2.03. The van der Waals surface area contributed by atoms with Crippen LogP contribution in [0.3, 0.4) is 0 Å². The van der Waals surface area contributed by atoms with E-state index in [0.717, 1.165) is 0 Å². The zero-order chi connectivity index (χ0) is 10.7. The van der Waals surface area contributed by atoms with Gasteiger partial charge in [0.15, 0.2) is 5.82 Å². The monoisotopic (exact) mass is 202 g/mol. The number of pyridine rings is 1. The number of hydrogen-bond donors (Lipinski definition) is 1. The Morgan fingerprint density at radius 2 is 2.21 bits per heavy atom. The Morgan fingerprint density at radius 1 is 1.57 bits per heavy atom. The van der Waals surface area contributed by atoms with Crippen molar-refractivity contribution in [2.24, 2.45) is 0 Å². The minimum absolute atomic E-state index is 0.342. The van der Waals surface area contributed by atoms with Crippen LogP contribution in [0.4, 0.5) is 13.2 Å². The molecule has 0 fully saturated rings. The Kier molecular flexibility index (Phi) is 3.04. The number of rotatable bonds is 2. The van der Waals surface area contributed by atoms with E-state index in [1.54, 1.807) is 0 Å². The number of aliphatic hydroxyl groups is 1. The van der Waals surface area contributed by atoms with Gasteiger partial charge in [0.05, 0.1) is 12.2 Å². The summed E-state index contributed by atoms with van der Waals surface area (Å²) >= 11 is 0. The third-order valence-electron chi connectivity index (χ3n) is 1.55. The van der Waals surface area contributed by atoms with Gasteiger partial charge < -0.3 is 5.11 Å². The van der Waals surface area contributed by atoms with Gasteiger partial charge >= 0.3 is 0 Å². The molecular weight excluding hydrogens is 197 g/mol. The predicted molar refractivity (Wildman–Crippen MR) is 39.8 cm³/mol. The number of alkyl halides is 2. The molecule has 0 aliphatic rings. The Morgan fingerprint density at radius 3 is 2.64 bits per heavy atom. The van der Waals surface area contributed by atoms with Crippen molar-refractivity contribution in [1.29, 1.82) is 5.26 Å². The molecule has 0 saturated carbocycles. The highest BCUT2D eigenvalue weighted by Gasteiger charge is 2.18. The smallest absolute Gasteiger partial charge is 0.266 e. The van der Waals surface area contributed by atoms with Crippen molar-refractivity contribution in [1.82, 2.24) is 4.98 Å². The van der Waals surface area contributed by atoms with E-state index in [0.29, 0.717) is 6.07 Å². The average molecular weight is 202 g/mol. The first kappa shape index (κ1) is 10.5. The van der Waals surface area contributed by atoms with Gasteiger partial charge in [-0.2, -0.15) is 5.26 Å². The normalized spacial score (nSPS) is 10.3. The highest BCUT2D eigenvalue weighted by Crippen LogP contribution is 2.24. The molecule has 74 valence electrons. The minimum atomic E-state index is -3.03. The van der Waals surface area contributed by atoms with E-state index in [1.165, 1.54) is 6.07 Å². The highest BCUT2D eigenvalue weighted by molar-refractivity contribution is 5.30. The van der Waals surface area contributed by atoms with Crippen molar-refractivity contribution in [2.75, 3.05) is 0 Å². The van der Waals surface area contributed by atoms with E-state index < -0.39 is 30.1 Å². The van der Waals surface area contributed by atoms with Crippen molar-refractivity contribution < 1.29 is 18.3 Å². The summed E-state index contributed by atoms with van der Waals surface area (Å²) < 4.78 is 37.4. The Balaban J connectivity index is 3.36. The summed E-state index contributed by atoms with van der Waals surface area (Å²) in [5, 5.41) is 17.0. The fraction of sp³-hybridized carbons (Fsp3) is 0.250. The quantitative estimate of drug-likeness (QED) is 0.790. The first-order chi connectivity index (χ1) is 6.60. The zero-order valence-corrected chi connectivity index (χ0v) is 6.84. The maximum atomic E-state index is 13.0. The fourth-order valence-corrected chi connectivity index (χ4v) is 0.925.